The van der Waals surface area contributed by atoms with Gasteiger partial charge in [0.15, 0.2) is 5.71 Å². The van der Waals surface area contributed by atoms with Crippen molar-refractivity contribution in [2.45, 2.75) is 6.92 Å². The molecular formula is C10H10ClN3O. The molecule has 0 bridgehead atoms. The lowest BCUT2D eigenvalue weighted by Gasteiger charge is -2.13. The van der Waals surface area contributed by atoms with Crippen LogP contribution in [0.3, 0.4) is 0 Å². The zero-order chi connectivity index (χ0) is 11.0. The second kappa shape index (κ2) is 3.55. The standard InChI is InChI=1S/C10H10ClN3O/c1-2-14-8-4-3-6(11)5-7(8)9(13-12)10(14)15/h3-5H,2,12H2,1H3/b13-9+. The fourth-order valence-corrected chi connectivity index (χ4v) is 1.90. The third-order valence-corrected chi connectivity index (χ3v) is 2.63. The number of halogens is 1. The summed E-state index contributed by atoms with van der Waals surface area (Å²) in [6, 6.07) is 5.25. The summed E-state index contributed by atoms with van der Waals surface area (Å²) in [6.07, 6.45) is 0. The lowest BCUT2D eigenvalue weighted by atomic mass is 10.1. The minimum atomic E-state index is -0.169. The van der Waals surface area contributed by atoms with Gasteiger partial charge >= 0.3 is 0 Å². The molecule has 5 heteroatoms. The molecule has 0 fully saturated rings. The van der Waals surface area contributed by atoms with Gasteiger partial charge in [-0.15, -0.1) is 0 Å². The quantitative estimate of drug-likeness (QED) is 0.578. The number of carbonyl (C=O) groups excluding carboxylic acids is 1. The summed E-state index contributed by atoms with van der Waals surface area (Å²) in [5.41, 5.74) is 1.79. The van der Waals surface area contributed by atoms with Crippen molar-refractivity contribution in [3.63, 3.8) is 0 Å². The van der Waals surface area contributed by atoms with E-state index in [4.69, 9.17) is 17.4 Å². The molecule has 1 aromatic carbocycles. The van der Waals surface area contributed by atoms with Crippen molar-refractivity contribution in [2.75, 3.05) is 11.4 Å². The number of nitrogens with two attached hydrogens (primary N) is 1. The van der Waals surface area contributed by atoms with Crippen LogP contribution in [0.2, 0.25) is 5.02 Å². The first-order valence-corrected chi connectivity index (χ1v) is 4.96. The van der Waals surface area contributed by atoms with Gasteiger partial charge in [-0.1, -0.05) is 11.6 Å². The molecule has 1 aliphatic rings. The highest BCUT2D eigenvalue weighted by atomic mass is 35.5. The van der Waals surface area contributed by atoms with Gasteiger partial charge in [0.25, 0.3) is 5.91 Å². The van der Waals surface area contributed by atoms with E-state index in [2.05, 4.69) is 5.10 Å². The summed E-state index contributed by atoms with van der Waals surface area (Å²) in [6.45, 7) is 2.49. The topological polar surface area (TPSA) is 58.7 Å². The van der Waals surface area contributed by atoms with E-state index >= 15 is 0 Å². The largest absolute Gasteiger partial charge is 0.322 e. The number of hydrazone groups is 1. The Morgan fingerprint density at radius 2 is 2.27 bits per heavy atom. The van der Waals surface area contributed by atoms with Crippen molar-refractivity contribution < 1.29 is 4.79 Å². The molecule has 0 saturated heterocycles. The van der Waals surface area contributed by atoms with Crippen LogP contribution in [-0.4, -0.2) is 18.2 Å². The maximum atomic E-state index is 11.8. The van der Waals surface area contributed by atoms with Crippen LogP contribution < -0.4 is 10.7 Å². The van der Waals surface area contributed by atoms with E-state index in [1.54, 1.807) is 23.1 Å². The van der Waals surface area contributed by atoms with E-state index < -0.39 is 0 Å². The van der Waals surface area contributed by atoms with Gasteiger partial charge in [-0.05, 0) is 25.1 Å². The monoisotopic (exact) mass is 223 g/mol. The summed E-state index contributed by atoms with van der Waals surface area (Å²) in [4.78, 5) is 13.4. The molecule has 2 rings (SSSR count). The molecule has 0 atom stereocenters. The molecule has 1 heterocycles. The van der Waals surface area contributed by atoms with E-state index in [0.717, 1.165) is 5.69 Å². The van der Waals surface area contributed by atoms with Crippen molar-refractivity contribution in [3.8, 4) is 0 Å². The molecule has 78 valence electrons. The van der Waals surface area contributed by atoms with Crippen molar-refractivity contribution in [3.05, 3.63) is 28.8 Å². The van der Waals surface area contributed by atoms with Gasteiger partial charge in [0.05, 0.1) is 5.69 Å². The molecule has 2 N–H and O–H groups in total. The third-order valence-electron chi connectivity index (χ3n) is 2.40. The molecule has 1 aliphatic heterocycles. The molecule has 0 aliphatic carbocycles. The van der Waals surface area contributed by atoms with E-state index in [1.165, 1.54) is 0 Å². The third kappa shape index (κ3) is 1.37. The highest BCUT2D eigenvalue weighted by Gasteiger charge is 2.32. The maximum absolute atomic E-state index is 11.8. The summed E-state index contributed by atoms with van der Waals surface area (Å²) in [5, 5.41) is 4.09. The summed E-state index contributed by atoms with van der Waals surface area (Å²) in [5.74, 6) is 5.03. The average Bonchev–Trinajstić information content (AvgIpc) is 2.48. The van der Waals surface area contributed by atoms with E-state index in [1.807, 2.05) is 6.92 Å². The fourth-order valence-electron chi connectivity index (χ4n) is 1.72. The number of rotatable bonds is 1. The summed E-state index contributed by atoms with van der Waals surface area (Å²) in [7, 11) is 0. The van der Waals surface area contributed by atoms with Gasteiger partial charge in [-0.3, -0.25) is 4.79 Å². The first-order chi connectivity index (χ1) is 7.19. The number of benzene rings is 1. The highest BCUT2D eigenvalue weighted by Crippen LogP contribution is 2.31. The van der Waals surface area contributed by atoms with Gasteiger partial charge in [-0.2, -0.15) is 5.10 Å². The van der Waals surface area contributed by atoms with Crippen LogP contribution in [0.1, 0.15) is 12.5 Å². The smallest absolute Gasteiger partial charge is 0.279 e. The van der Waals surface area contributed by atoms with Crippen molar-refractivity contribution in [1.29, 1.82) is 0 Å². The number of hydrogen-bond donors (Lipinski definition) is 1. The molecule has 1 aromatic rings. The normalized spacial score (nSPS) is 17.3. The van der Waals surface area contributed by atoms with Crippen LogP contribution in [0.4, 0.5) is 5.69 Å². The lowest BCUT2D eigenvalue weighted by Crippen LogP contribution is -2.30. The molecule has 4 nitrogen and oxygen atoms in total. The zero-order valence-corrected chi connectivity index (χ0v) is 8.95. The SMILES string of the molecule is CCN1C(=O)/C(=N/N)c2cc(Cl)ccc21. The van der Waals surface area contributed by atoms with Crippen LogP contribution in [0.25, 0.3) is 0 Å². The summed E-state index contributed by atoms with van der Waals surface area (Å²) >= 11 is 5.86. The number of hydrogen-bond acceptors (Lipinski definition) is 3. The molecule has 1 amide bonds. The predicted octanol–water partition coefficient (Wildman–Crippen LogP) is 1.37. The number of carbonyl (C=O) groups is 1. The van der Waals surface area contributed by atoms with Gasteiger partial charge in [-0.25, -0.2) is 0 Å². The Kier molecular flexibility index (Phi) is 2.36. The van der Waals surface area contributed by atoms with E-state index in [9.17, 15) is 4.79 Å². The Balaban J connectivity index is 2.64. The minimum absolute atomic E-state index is 0.169. The Hall–Kier alpha value is -1.55. The zero-order valence-electron chi connectivity index (χ0n) is 8.20. The van der Waals surface area contributed by atoms with Crippen LogP contribution >= 0.6 is 11.6 Å². The molecule has 0 saturated carbocycles. The maximum Gasteiger partial charge on any atom is 0.279 e. The average molecular weight is 224 g/mol. The van der Waals surface area contributed by atoms with E-state index in [-0.39, 0.29) is 11.6 Å². The van der Waals surface area contributed by atoms with Crippen molar-refractivity contribution >= 4 is 28.9 Å². The lowest BCUT2D eigenvalue weighted by molar-refractivity contribution is -0.112. The molecule has 0 aromatic heterocycles. The number of anilines is 1. The van der Waals surface area contributed by atoms with E-state index in [0.29, 0.717) is 17.1 Å². The second-order valence-corrected chi connectivity index (χ2v) is 3.63. The minimum Gasteiger partial charge on any atom is -0.322 e. The van der Waals surface area contributed by atoms with Gasteiger partial charge in [0, 0.05) is 17.1 Å². The second-order valence-electron chi connectivity index (χ2n) is 3.19. The Labute approximate surface area is 92.3 Å². The van der Waals surface area contributed by atoms with Crippen LogP contribution in [0.15, 0.2) is 23.3 Å². The van der Waals surface area contributed by atoms with Crippen LogP contribution in [0, 0.1) is 0 Å². The number of likely N-dealkylation sites (N-methyl/N-ethyl adjacent to an activating group) is 1. The van der Waals surface area contributed by atoms with Crippen LogP contribution in [0.5, 0.6) is 0 Å². The van der Waals surface area contributed by atoms with Gasteiger partial charge in [0.1, 0.15) is 0 Å². The number of fused-ring (bicyclic) bond motifs is 1. The van der Waals surface area contributed by atoms with Crippen molar-refractivity contribution in [2.24, 2.45) is 10.9 Å². The number of nitrogens with zero attached hydrogens (tertiary/aromatic N) is 2. The Morgan fingerprint density at radius 3 is 2.87 bits per heavy atom. The molecule has 15 heavy (non-hydrogen) atoms. The van der Waals surface area contributed by atoms with Crippen LogP contribution in [-0.2, 0) is 4.79 Å². The van der Waals surface area contributed by atoms with Crippen molar-refractivity contribution in [1.82, 2.24) is 0 Å². The number of amides is 1. The molecule has 0 spiro atoms. The fraction of sp³-hybridized carbons (Fsp3) is 0.200. The first-order valence-electron chi connectivity index (χ1n) is 4.58. The van der Waals surface area contributed by atoms with Gasteiger partial charge in [0.2, 0.25) is 0 Å². The Bertz CT molecular complexity index is 456. The molecule has 0 unspecified atom stereocenters. The van der Waals surface area contributed by atoms with Gasteiger partial charge < -0.3 is 10.7 Å². The molecular weight excluding hydrogens is 214 g/mol. The first kappa shape index (κ1) is 9.98. The Morgan fingerprint density at radius 1 is 1.53 bits per heavy atom. The summed E-state index contributed by atoms with van der Waals surface area (Å²) < 4.78 is 0. The molecule has 0 radical (unpaired) electrons. The highest BCUT2D eigenvalue weighted by molar-refractivity contribution is 6.54. The predicted molar refractivity (Wildman–Crippen MR) is 60.2 cm³/mol.